The fourth-order valence-electron chi connectivity index (χ4n) is 2.12. The molecule has 0 spiro atoms. The molecule has 0 amide bonds. The molecule has 0 aliphatic heterocycles. The van der Waals surface area contributed by atoms with Crippen LogP contribution >= 0.6 is 0 Å². The number of fused-ring (bicyclic) bond motifs is 1. The van der Waals surface area contributed by atoms with Crippen LogP contribution in [0.4, 0.5) is 0 Å². The molecule has 0 bridgehead atoms. The Labute approximate surface area is 118 Å². The summed E-state index contributed by atoms with van der Waals surface area (Å²) in [6.07, 6.45) is 1.32. The molecule has 0 fully saturated rings. The molecule has 0 saturated carbocycles. The molecule has 0 atom stereocenters. The number of nitrogens with zero attached hydrogens (tertiary/aromatic N) is 3. The molecular weight excluding hydrogens is 270 g/mol. The van der Waals surface area contributed by atoms with Crippen molar-refractivity contribution < 1.29 is 10.2 Å². The Balaban J connectivity index is 2.35. The first-order valence-electron chi connectivity index (χ1n) is 6.04. The summed E-state index contributed by atoms with van der Waals surface area (Å²) in [4.78, 5) is 16.6. The lowest BCUT2D eigenvalue weighted by atomic mass is 10.1. The number of phenols is 2. The van der Waals surface area contributed by atoms with Crippen LogP contribution < -0.4 is 5.56 Å². The number of aromatic hydroxyl groups is 2. The van der Waals surface area contributed by atoms with Crippen molar-refractivity contribution in [1.82, 2.24) is 9.55 Å². The number of aromatic nitrogens is 2. The summed E-state index contributed by atoms with van der Waals surface area (Å²) >= 11 is 0. The van der Waals surface area contributed by atoms with E-state index in [0.29, 0.717) is 5.69 Å². The van der Waals surface area contributed by atoms with E-state index in [4.69, 9.17) is 5.26 Å². The Morgan fingerprint density at radius 1 is 1.10 bits per heavy atom. The lowest BCUT2D eigenvalue weighted by Gasteiger charge is -2.07. The Kier molecular flexibility index (Phi) is 2.81. The summed E-state index contributed by atoms with van der Waals surface area (Å²) in [6, 6.07) is 10.5. The predicted molar refractivity (Wildman–Crippen MR) is 75.4 cm³/mol. The summed E-state index contributed by atoms with van der Waals surface area (Å²) in [7, 11) is 0. The Bertz CT molecular complexity index is 937. The minimum Gasteiger partial charge on any atom is -0.508 e. The van der Waals surface area contributed by atoms with E-state index in [1.165, 1.54) is 35.2 Å². The smallest absolute Gasteiger partial charge is 0.267 e. The van der Waals surface area contributed by atoms with Crippen LogP contribution in [0.25, 0.3) is 16.6 Å². The maximum atomic E-state index is 12.5. The molecule has 0 radical (unpaired) electrons. The van der Waals surface area contributed by atoms with Gasteiger partial charge in [-0.05, 0) is 30.3 Å². The molecule has 0 aliphatic rings. The second-order valence-electron chi connectivity index (χ2n) is 4.44. The van der Waals surface area contributed by atoms with Crippen LogP contribution in [0.3, 0.4) is 0 Å². The summed E-state index contributed by atoms with van der Waals surface area (Å²) in [5, 5.41) is 28.1. The second-order valence-corrected chi connectivity index (χ2v) is 4.44. The van der Waals surface area contributed by atoms with Crippen molar-refractivity contribution in [3.8, 4) is 23.3 Å². The van der Waals surface area contributed by atoms with Gasteiger partial charge in [-0.25, -0.2) is 4.98 Å². The molecule has 2 N–H and O–H groups in total. The zero-order chi connectivity index (χ0) is 15.0. The third-order valence-electron chi connectivity index (χ3n) is 3.10. The van der Waals surface area contributed by atoms with Crippen molar-refractivity contribution in [2.24, 2.45) is 0 Å². The van der Waals surface area contributed by atoms with Crippen LogP contribution in [0.15, 0.2) is 47.5 Å². The van der Waals surface area contributed by atoms with Crippen molar-refractivity contribution in [3.05, 3.63) is 58.6 Å². The van der Waals surface area contributed by atoms with Crippen LogP contribution in [0.1, 0.15) is 5.56 Å². The second kappa shape index (κ2) is 4.65. The van der Waals surface area contributed by atoms with Crippen molar-refractivity contribution in [3.63, 3.8) is 0 Å². The zero-order valence-electron chi connectivity index (χ0n) is 10.7. The maximum absolute atomic E-state index is 12.5. The highest BCUT2D eigenvalue weighted by molar-refractivity contribution is 5.85. The van der Waals surface area contributed by atoms with Crippen LogP contribution in [-0.2, 0) is 0 Å². The van der Waals surface area contributed by atoms with E-state index >= 15 is 0 Å². The lowest BCUT2D eigenvalue weighted by molar-refractivity contribution is 0.474. The maximum Gasteiger partial charge on any atom is 0.267 e. The first-order valence-corrected chi connectivity index (χ1v) is 6.04. The topological polar surface area (TPSA) is 99.1 Å². The van der Waals surface area contributed by atoms with Gasteiger partial charge in [0.15, 0.2) is 0 Å². The molecule has 1 aromatic heterocycles. The molecular formula is C15H9N3O3. The van der Waals surface area contributed by atoms with E-state index in [0.717, 1.165) is 0 Å². The van der Waals surface area contributed by atoms with Gasteiger partial charge in [0.05, 0.1) is 22.2 Å². The van der Waals surface area contributed by atoms with Gasteiger partial charge in [0.2, 0.25) is 0 Å². The van der Waals surface area contributed by atoms with Gasteiger partial charge in [-0.2, -0.15) is 5.26 Å². The van der Waals surface area contributed by atoms with Gasteiger partial charge in [0, 0.05) is 6.07 Å². The molecule has 2 aromatic carbocycles. The quantitative estimate of drug-likeness (QED) is 0.705. The van der Waals surface area contributed by atoms with E-state index in [9.17, 15) is 15.0 Å². The molecule has 1 heterocycles. The number of nitriles is 1. The average molecular weight is 279 g/mol. The first kappa shape index (κ1) is 12.7. The van der Waals surface area contributed by atoms with Crippen LogP contribution in [0.5, 0.6) is 11.5 Å². The monoisotopic (exact) mass is 279 g/mol. The van der Waals surface area contributed by atoms with E-state index in [1.54, 1.807) is 12.1 Å². The molecule has 3 aromatic rings. The fourth-order valence-corrected chi connectivity index (χ4v) is 2.12. The number of benzene rings is 2. The number of rotatable bonds is 1. The molecule has 6 nitrogen and oxygen atoms in total. The van der Waals surface area contributed by atoms with Crippen LogP contribution in [0.2, 0.25) is 0 Å². The molecule has 0 unspecified atom stereocenters. The first-order chi connectivity index (χ1) is 10.1. The summed E-state index contributed by atoms with van der Waals surface area (Å²) in [6.45, 7) is 0. The average Bonchev–Trinajstić information content (AvgIpc) is 2.48. The molecule has 0 saturated heterocycles. The minimum atomic E-state index is -0.415. The normalized spacial score (nSPS) is 10.4. The van der Waals surface area contributed by atoms with Gasteiger partial charge in [-0.15, -0.1) is 0 Å². The van der Waals surface area contributed by atoms with Gasteiger partial charge in [0.25, 0.3) is 5.56 Å². The van der Waals surface area contributed by atoms with Gasteiger partial charge >= 0.3 is 0 Å². The third-order valence-corrected chi connectivity index (χ3v) is 3.10. The van der Waals surface area contributed by atoms with Crippen molar-refractivity contribution in [1.29, 1.82) is 5.26 Å². The van der Waals surface area contributed by atoms with Crippen LogP contribution in [-0.4, -0.2) is 19.8 Å². The fraction of sp³-hybridized carbons (Fsp3) is 0. The van der Waals surface area contributed by atoms with Crippen molar-refractivity contribution in [2.75, 3.05) is 0 Å². The highest BCUT2D eigenvalue weighted by Gasteiger charge is 2.11. The zero-order valence-corrected chi connectivity index (χ0v) is 10.7. The standard InChI is InChI=1S/C15H9N3O3/c16-7-9-5-12(20)6-13-14(9)15(21)18(8-17-13)10-1-3-11(19)4-2-10/h1-6,8,19-20H. The predicted octanol–water partition coefficient (Wildman–Crippen LogP) is 1.67. The Hall–Kier alpha value is -3.33. The van der Waals surface area contributed by atoms with Gasteiger partial charge in [0.1, 0.15) is 23.9 Å². The molecule has 102 valence electrons. The molecule has 0 aliphatic carbocycles. The highest BCUT2D eigenvalue weighted by atomic mass is 16.3. The van der Waals surface area contributed by atoms with Gasteiger partial charge in [-0.1, -0.05) is 0 Å². The van der Waals surface area contributed by atoms with Crippen molar-refractivity contribution in [2.45, 2.75) is 0 Å². The minimum absolute atomic E-state index is 0.0654. The summed E-state index contributed by atoms with van der Waals surface area (Å²) in [5.74, 6) is -0.0310. The Morgan fingerprint density at radius 3 is 2.48 bits per heavy atom. The third kappa shape index (κ3) is 2.07. The largest absolute Gasteiger partial charge is 0.508 e. The SMILES string of the molecule is N#Cc1cc(O)cc2ncn(-c3ccc(O)cc3)c(=O)c12. The Morgan fingerprint density at radius 2 is 1.81 bits per heavy atom. The van der Waals surface area contributed by atoms with E-state index in [2.05, 4.69) is 4.98 Å². The van der Waals surface area contributed by atoms with E-state index < -0.39 is 5.56 Å². The number of hydrogen-bond donors (Lipinski definition) is 2. The highest BCUT2D eigenvalue weighted by Crippen LogP contribution is 2.20. The number of phenolic OH excluding ortho intramolecular Hbond substituents is 2. The van der Waals surface area contributed by atoms with Crippen molar-refractivity contribution >= 4 is 10.9 Å². The number of hydrogen-bond acceptors (Lipinski definition) is 5. The van der Waals surface area contributed by atoms with Crippen LogP contribution in [0, 0.1) is 11.3 Å². The summed E-state index contributed by atoms with van der Waals surface area (Å²) < 4.78 is 1.28. The summed E-state index contributed by atoms with van der Waals surface area (Å²) in [5.41, 5.74) is 0.425. The molecule has 6 heteroatoms. The molecule has 21 heavy (non-hydrogen) atoms. The van der Waals surface area contributed by atoms with Gasteiger partial charge in [-0.3, -0.25) is 9.36 Å². The molecule has 3 rings (SSSR count). The van der Waals surface area contributed by atoms with E-state index in [-0.39, 0.29) is 28.0 Å². The van der Waals surface area contributed by atoms with E-state index in [1.807, 2.05) is 6.07 Å². The lowest BCUT2D eigenvalue weighted by Crippen LogP contribution is -2.19. The van der Waals surface area contributed by atoms with Gasteiger partial charge < -0.3 is 10.2 Å².